The van der Waals surface area contributed by atoms with Crippen LogP contribution in [0.4, 0.5) is 0 Å². The molecule has 0 aromatic carbocycles. The fraction of sp³-hybridized carbons (Fsp3) is 0.917. The second-order valence-electron chi connectivity index (χ2n) is 5.11. The van der Waals surface area contributed by atoms with Gasteiger partial charge in [0.05, 0.1) is 0 Å². The van der Waals surface area contributed by atoms with E-state index in [1.54, 1.807) is 0 Å². The Balaban J connectivity index is 2.69. The lowest BCUT2D eigenvalue weighted by molar-refractivity contribution is -0.139. The van der Waals surface area contributed by atoms with Crippen molar-refractivity contribution in [1.29, 1.82) is 0 Å². The van der Waals surface area contributed by atoms with E-state index in [2.05, 4.69) is 4.72 Å². The molecule has 1 rings (SSSR count). The van der Waals surface area contributed by atoms with Crippen LogP contribution in [0.3, 0.4) is 0 Å². The van der Waals surface area contributed by atoms with Crippen molar-refractivity contribution in [2.75, 3.05) is 7.05 Å². The van der Waals surface area contributed by atoms with E-state index < -0.39 is 22.2 Å². The van der Waals surface area contributed by atoms with E-state index in [4.69, 9.17) is 5.11 Å². The van der Waals surface area contributed by atoms with Gasteiger partial charge in [-0.2, -0.15) is 17.4 Å². The smallest absolute Gasteiger partial charge is 0.321 e. The number of nitrogens with zero attached hydrogens (tertiary/aromatic N) is 1. The molecule has 2 N–H and O–H groups in total. The molecule has 0 aromatic rings. The molecule has 1 aliphatic rings. The zero-order valence-corrected chi connectivity index (χ0v) is 12.4. The number of hydrogen-bond acceptors (Lipinski definition) is 3. The van der Waals surface area contributed by atoms with Gasteiger partial charge in [-0.1, -0.05) is 32.6 Å². The van der Waals surface area contributed by atoms with Crippen LogP contribution in [0.2, 0.25) is 0 Å². The van der Waals surface area contributed by atoms with Gasteiger partial charge in [0.2, 0.25) is 0 Å². The van der Waals surface area contributed by atoms with E-state index in [-0.39, 0.29) is 6.04 Å². The van der Waals surface area contributed by atoms with Gasteiger partial charge in [-0.05, 0) is 19.3 Å². The van der Waals surface area contributed by atoms with Crippen molar-refractivity contribution >= 4 is 16.2 Å². The summed E-state index contributed by atoms with van der Waals surface area (Å²) in [5.41, 5.74) is 0. The van der Waals surface area contributed by atoms with Crippen molar-refractivity contribution in [2.24, 2.45) is 0 Å². The average Bonchev–Trinajstić information content (AvgIpc) is 2.38. The SMILES string of the molecule is CCCC(NS(=O)(=O)N(C)C1CCCCC1)C(=O)O. The van der Waals surface area contributed by atoms with Gasteiger partial charge in [0.25, 0.3) is 10.2 Å². The number of aliphatic carboxylic acids is 1. The molecule has 19 heavy (non-hydrogen) atoms. The first-order valence-corrected chi connectivity index (χ1v) is 8.30. The maximum Gasteiger partial charge on any atom is 0.321 e. The molecule has 1 aliphatic carbocycles. The number of carboxylic acids is 1. The van der Waals surface area contributed by atoms with E-state index in [1.807, 2.05) is 6.92 Å². The monoisotopic (exact) mass is 292 g/mol. The Morgan fingerprint density at radius 1 is 1.37 bits per heavy atom. The summed E-state index contributed by atoms with van der Waals surface area (Å²) >= 11 is 0. The summed E-state index contributed by atoms with van der Waals surface area (Å²) in [5, 5.41) is 9.01. The van der Waals surface area contributed by atoms with Crippen LogP contribution < -0.4 is 4.72 Å². The van der Waals surface area contributed by atoms with Crippen LogP contribution in [-0.4, -0.2) is 42.9 Å². The number of rotatable bonds is 7. The molecule has 0 aromatic heterocycles. The molecular formula is C12H24N2O4S. The summed E-state index contributed by atoms with van der Waals surface area (Å²) < 4.78 is 27.9. The summed E-state index contributed by atoms with van der Waals surface area (Å²) in [4.78, 5) is 11.0. The minimum absolute atomic E-state index is 0.0117. The van der Waals surface area contributed by atoms with E-state index in [0.717, 1.165) is 32.1 Å². The van der Waals surface area contributed by atoms with Crippen LogP contribution in [0.25, 0.3) is 0 Å². The molecule has 1 saturated carbocycles. The van der Waals surface area contributed by atoms with Crippen molar-refractivity contribution in [3.63, 3.8) is 0 Å². The van der Waals surface area contributed by atoms with Crippen molar-refractivity contribution < 1.29 is 18.3 Å². The first-order chi connectivity index (χ1) is 8.88. The predicted molar refractivity (Wildman–Crippen MR) is 73.0 cm³/mol. The van der Waals surface area contributed by atoms with E-state index in [9.17, 15) is 13.2 Å². The summed E-state index contributed by atoms with van der Waals surface area (Å²) in [7, 11) is -2.19. The standard InChI is InChI=1S/C12H24N2O4S/c1-3-7-11(12(15)16)13-19(17,18)14(2)10-8-5-4-6-9-10/h10-11,13H,3-9H2,1-2H3,(H,15,16). The van der Waals surface area contributed by atoms with Gasteiger partial charge in [0.1, 0.15) is 6.04 Å². The third-order valence-electron chi connectivity index (χ3n) is 3.63. The normalized spacial score (nSPS) is 19.5. The van der Waals surface area contributed by atoms with E-state index >= 15 is 0 Å². The Labute approximate surface area is 115 Å². The van der Waals surface area contributed by atoms with Crippen LogP contribution >= 0.6 is 0 Å². The maximum atomic E-state index is 12.2. The second kappa shape index (κ2) is 7.21. The lowest BCUT2D eigenvalue weighted by Crippen LogP contribution is -2.50. The Bertz CT molecular complexity index is 391. The molecule has 0 saturated heterocycles. The third-order valence-corrected chi connectivity index (χ3v) is 5.27. The maximum absolute atomic E-state index is 12.2. The van der Waals surface area contributed by atoms with Gasteiger partial charge < -0.3 is 5.11 Å². The van der Waals surface area contributed by atoms with Crippen LogP contribution in [0.5, 0.6) is 0 Å². The molecule has 0 radical (unpaired) electrons. The molecular weight excluding hydrogens is 268 g/mol. The topological polar surface area (TPSA) is 86.7 Å². The summed E-state index contributed by atoms with van der Waals surface area (Å²) in [6.45, 7) is 1.83. The fourth-order valence-electron chi connectivity index (χ4n) is 2.43. The molecule has 0 aliphatic heterocycles. The number of nitrogens with one attached hydrogen (secondary N) is 1. The van der Waals surface area contributed by atoms with Crippen molar-refractivity contribution in [3.8, 4) is 0 Å². The summed E-state index contributed by atoms with van der Waals surface area (Å²) in [6.07, 6.45) is 5.82. The van der Waals surface area contributed by atoms with Crippen molar-refractivity contribution in [1.82, 2.24) is 9.03 Å². The highest BCUT2D eigenvalue weighted by Crippen LogP contribution is 2.23. The molecule has 0 heterocycles. The van der Waals surface area contributed by atoms with Gasteiger partial charge in [-0.15, -0.1) is 0 Å². The highest BCUT2D eigenvalue weighted by atomic mass is 32.2. The molecule has 1 unspecified atom stereocenters. The highest BCUT2D eigenvalue weighted by molar-refractivity contribution is 7.87. The van der Waals surface area contributed by atoms with Gasteiger partial charge >= 0.3 is 5.97 Å². The Morgan fingerprint density at radius 3 is 2.42 bits per heavy atom. The minimum Gasteiger partial charge on any atom is -0.480 e. The molecule has 1 atom stereocenters. The highest BCUT2D eigenvalue weighted by Gasteiger charge is 2.31. The van der Waals surface area contributed by atoms with Crippen molar-refractivity contribution in [3.05, 3.63) is 0 Å². The van der Waals surface area contributed by atoms with Crippen LogP contribution in [0, 0.1) is 0 Å². The van der Waals surface area contributed by atoms with Crippen LogP contribution in [-0.2, 0) is 15.0 Å². The quantitative estimate of drug-likeness (QED) is 0.741. The summed E-state index contributed by atoms with van der Waals surface area (Å²) in [6, 6.07) is -1.05. The van der Waals surface area contributed by atoms with E-state index in [0.29, 0.717) is 12.8 Å². The largest absolute Gasteiger partial charge is 0.480 e. The molecule has 112 valence electrons. The van der Waals surface area contributed by atoms with Gasteiger partial charge in [0, 0.05) is 13.1 Å². The Kier molecular flexibility index (Phi) is 6.22. The molecule has 0 spiro atoms. The average molecular weight is 292 g/mol. The molecule has 7 heteroatoms. The fourth-order valence-corrected chi connectivity index (χ4v) is 3.77. The number of hydrogen-bond donors (Lipinski definition) is 2. The molecule has 6 nitrogen and oxygen atoms in total. The number of carboxylic acid groups (broad SMARTS) is 1. The van der Waals surface area contributed by atoms with Gasteiger partial charge in [0.15, 0.2) is 0 Å². The first-order valence-electron chi connectivity index (χ1n) is 6.86. The van der Waals surface area contributed by atoms with Gasteiger partial charge in [-0.25, -0.2) is 0 Å². The third kappa shape index (κ3) is 4.74. The lowest BCUT2D eigenvalue weighted by atomic mass is 9.96. The minimum atomic E-state index is -3.72. The lowest BCUT2D eigenvalue weighted by Gasteiger charge is -2.31. The first kappa shape index (κ1) is 16.4. The number of carbonyl (C=O) groups is 1. The summed E-state index contributed by atoms with van der Waals surface area (Å²) in [5.74, 6) is -1.12. The molecule has 0 amide bonds. The Hall–Kier alpha value is -0.660. The van der Waals surface area contributed by atoms with Gasteiger partial charge in [-0.3, -0.25) is 4.79 Å². The Morgan fingerprint density at radius 2 is 1.95 bits per heavy atom. The molecule has 0 bridgehead atoms. The predicted octanol–water partition coefficient (Wildman–Crippen LogP) is 1.34. The zero-order chi connectivity index (χ0) is 14.5. The van der Waals surface area contributed by atoms with E-state index in [1.165, 1.54) is 11.4 Å². The molecule has 1 fully saturated rings. The zero-order valence-electron chi connectivity index (χ0n) is 11.6. The van der Waals surface area contributed by atoms with Crippen LogP contribution in [0.1, 0.15) is 51.9 Å². The van der Waals surface area contributed by atoms with Crippen molar-refractivity contribution in [2.45, 2.75) is 64.0 Å². The second-order valence-corrected chi connectivity index (χ2v) is 6.87. The van der Waals surface area contributed by atoms with Crippen LogP contribution in [0.15, 0.2) is 0 Å².